The van der Waals surface area contributed by atoms with Gasteiger partial charge in [0, 0.05) is 6.07 Å². The molecule has 1 aromatic heterocycles. The molecular weight excluding hydrogens is 267 g/mol. The van der Waals surface area contributed by atoms with Crippen molar-refractivity contribution in [3.8, 4) is 6.07 Å². The Morgan fingerprint density at radius 2 is 1.90 bits per heavy atom. The fourth-order valence-electron chi connectivity index (χ4n) is 2.35. The molecule has 3 nitrogen and oxygen atoms in total. The van der Waals surface area contributed by atoms with Crippen molar-refractivity contribution in [2.45, 2.75) is 6.54 Å². The second-order valence-corrected chi connectivity index (χ2v) is 4.74. The highest BCUT2D eigenvalue weighted by molar-refractivity contribution is 5.78. The quantitative estimate of drug-likeness (QED) is 0.723. The molecule has 4 heteroatoms. The largest absolute Gasteiger partial charge is 0.304 e. The third-order valence-corrected chi connectivity index (χ3v) is 3.39. The van der Waals surface area contributed by atoms with Gasteiger partial charge in [0.05, 0.1) is 17.6 Å². The van der Waals surface area contributed by atoms with Crippen LogP contribution in [-0.4, -0.2) is 4.57 Å². The van der Waals surface area contributed by atoms with Gasteiger partial charge in [-0.15, -0.1) is 0 Å². The van der Waals surface area contributed by atoms with Gasteiger partial charge in [-0.05, 0) is 35.2 Å². The van der Waals surface area contributed by atoms with E-state index in [1.54, 1.807) is 16.7 Å². The number of para-hydroxylation sites is 1. The van der Waals surface area contributed by atoms with E-state index in [-0.39, 0.29) is 11.1 Å². The molecule has 0 fully saturated rings. The number of nitrogens with zero attached hydrogens (tertiary/aromatic N) is 2. The second kappa shape index (κ2) is 5.22. The topological polar surface area (TPSA) is 45.8 Å². The SMILES string of the molecule is N#Cc1cc(Cn2c(=O)ccc3ccccc32)ccc1F. The van der Waals surface area contributed by atoms with Crippen molar-refractivity contribution in [2.75, 3.05) is 0 Å². The molecule has 0 radical (unpaired) electrons. The van der Waals surface area contributed by atoms with Crippen molar-refractivity contribution < 1.29 is 4.39 Å². The minimum absolute atomic E-state index is 0.0132. The van der Waals surface area contributed by atoms with Gasteiger partial charge in [0.1, 0.15) is 11.9 Å². The predicted molar refractivity (Wildman–Crippen MR) is 78.4 cm³/mol. The van der Waals surface area contributed by atoms with Crippen molar-refractivity contribution in [3.63, 3.8) is 0 Å². The van der Waals surface area contributed by atoms with E-state index in [9.17, 15) is 9.18 Å². The molecule has 3 aromatic rings. The number of rotatable bonds is 2. The molecule has 102 valence electrons. The van der Waals surface area contributed by atoms with Crippen molar-refractivity contribution in [1.82, 2.24) is 4.57 Å². The molecule has 0 spiro atoms. The van der Waals surface area contributed by atoms with Gasteiger partial charge in [0.25, 0.3) is 5.56 Å². The van der Waals surface area contributed by atoms with Gasteiger partial charge in [-0.2, -0.15) is 5.26 Å². The Labute approximate surface area is 120 Å². The lowest BCUT2D eigenvalue weighted by Crippen LogP contribution is -2.19. The molecule has 3 rings (SSSR count). The van der Waals surface area contributed by atoms with Gasteiger partial charge in [-0.1, -0.05) is 24.3 Å². The van der Waals surface area contributed by atoms with E-state index in [2.05, 4.69) is 0 Å². The van der Waals surface area contributed by atoms with Crippen LogP contribution in [0.4, 0.5) is 4.39 Å². The zero-order chi connectivity index (χ0) is 14.8. The molecule has 0 aliphatic rings. The first-order chi connectivity index (χ1) is 10.2. The highest BCUT2D eigenvalue weighted by Crippen LogP contribution is 2.15. The van der Waals surface area contributed by atoms with Gasteiger partial charge in [-0.3, -0.25) is 4.79 Å². The van der Waals surface area contributed by atoms with Crippen LogP contribution >= 0.6 is 0 Å². The lowest BCUT2D eigenvalue weighted by atomic mass is 10.1. The molecule has 1 heterocycles. The maximum Gasteiger partial charge on any atom is 0.251 e. The summed E-state index contributed by atoms with van der Waals surface area (Å²) in [6.45, 7) is 0.301. The molecule has 0 amide bonds. The second-order valence-electron chi connectivity index (χ2n) is 4.74. The van der Waals surface area contributed by atoms with Crippen molar-refractivity contribution in [2.24, 2.45) is 0 Å². The summed E-state index contributed by atoms with van der Waals surface area (Å²) in [6.07, 6.45) is 0. The van der Waals surface area contributed by atoms with Crippen LogP contribution in [0.3, 0.4) is 0 Å². The average molecular weight is 278 g/mol. The smallest absolute Gasteiger partial charge is 0.251 e. The Morgan fingerprint density at radius 3 is 2.71 bits per heavy atom. The number of nitriles is 1. The highest BCUT2D eigenvalue weighted by atomic mass is 19.1. The highest BCUT2D eigenvalue weighted by Gasteiger charge is 2.06. The number of hydrogen-bond donors (Lipinski definition) is 0. The summed E-state index contributed by atoms with van der Waals surface area (Å²) in [5.41, 5.74) is 1.39. The fraction of sp³-hybridized carbons (Fsp3) is 0.0588. The molecule has 0 saturated carbocycles. The molecule has 0 aliphatic heterocycles. The van der Waals surface area contributed by atoms with Crippen LogP contribution in [0.2, 0.25) is 0 Å². The van der Waals surface area contributed by atoms with Crippen LogP contribution in [0.5, 0.6) is 0 Å². The van der Waals surface area contributed by atoms with Gasteiger partial charge < -0.3 is 4.57 Å². The van der Waals surface area contributed by atoms with E-state index < -0.39 is 5.82 Å². The van der Waals surface area contributed by atoms with Crippen LogP contribution in [0.25, 0.3) is 10.9 Å². The zero-order valence-electron chi connectivity index (χ0n) is 11.1. The number of fused-ring (bicyclic) bond motifs is 1. The molecular formula is C17H11FN2O. The molecule has 0 bridgehead atoms. The average Bonchev–Trinajstić information content (AvgIpc) is 2.52. The van der Waals surface area contributed by atoms with E-state index in [1.165, 1.54) is 18.2 Å². The summed E-state index contributed by atoms with van der Waals surface area (Å²) in [4.78, 5) is 12.1. The third kappa shape index (κ3) is 2.41. The van der Waals surface area contributed by atoms with E-state index in [0.717, 1.165) is 10.9 Å². The van der Waals surface area contributed by atoms with Gasteiger partial charge in [0.15, 0.2) is 0 Å². The fourth-order valence-corrected chi connectivity index (χ4v) is 2.35. The van der Waals surface area contributed by atoms with E-state index in [4.69, 9.17) is 5.26 Å². The summed E-state index contributed by atoms with van der Waals surface area (Å²) in [5.74, 6) is -0.550. The number of benzene rings is 2. The predicted octanol–water partition coefficient (Wildman–Crippen LogP) is 3.06. The van der Waals surface area contributed by atoms with Crippen LogP contribution in [-0.2, 0) is 6.54 Å². The summed E-state index contributed by atoms with van der Waals surface area (Å²) in [7, 11) is 0. The Balaban J connectivity index is 2.12. The minimum atomic E-state index is -0.550. The van der Waals surface area contributed by atoms with Crippen LogP contribution in [0.15, 0.2) is 59.4 Å². The van der Waals surface area contributed by atoms with E-state index in [1.807, 2.05) is 30.3 Å². The van der Waals surface area contributed by atoms with Crippen molar-refractivity contribution in [1.29, 1.82) is 5.26 Å². The maximum atomic E-state index is 13.3. The number of aromatic nitrogens is 1. The number of pyridine rings is 1. The molecule has 0 aliphatic carbocycles. The zero-order valence-corrected chi connectivity index (χ0v) is 11.1. The first-order valence-corrected chi connectivity index (χ1v) is 6.46. The first kappa shape index (κ1) is 13.1. The lowest BCUT2D eigenvalue weighted by molar-refractivity contribution is 0.622. The summed E-state index contributed by atoms with van der Waals surface area (Å²) >= 11 is 0. The number of halogens is 1. The van der Waals surface area contributed by atoms with Gasteiger partial charge in [0.2, 0.25) is 0 Å². The summed E-state index contributed by atoms with van der Waals surface area (Å²) in [6, 6.07) is 17.0. The van der Waals surface area contributed by atoms with Gasteiger partial charge in [-0.25, -0.2) is 4.39 Å². The summed E-state index contributed by atoms with van der Waals surface area (Å²) < 4.78 is 15.0. The maximum absolute atomic E-state index is 13.3. The molecule has 0 unspecified atom stereocenters. The van der Waals surface area contributed by atoms with Crippen molar-refractivity contribution in [3.05, 3.63) is 81.9 Å². The molecule has 0 saturated heterocycles. The van der Waals surface area contributed by atoms with Crippen LogP contribution in [0, 0.1) is 17.1 Å². The molecule has 2 aromatic carbocycles. The molecule has 0 atom stereocenters. The van der Waals surface area contributed by atoms with Gasteiger partial charge >= 0.3 is 0 Å². The monoisotopic (exact) mass is 278 g/mol. The van der Waals surface area contributed by atoms with E-state index >= 15 is 0 Å². The standard InChI is InChI=1S/C17H11FN2O/c18-15-7-5-12(9-14(15)10-19)11-20-16-4-2-1-3-13(16)6-8-17(20)21/h1-9H,11H2. The summed E-state index contributed by atoms with van der Waals surface area (Å²) in [5, 5.41) is 9.83. The normalized spacial score (nSPS) is 10.5. The minimum Gasteiger partial charge on any atom is -0.304 e. The van der Waals surface area contributed by atoms with E-state index in [0.29, 0.717) is 12.1 Å². The Kier molecular flexibility index (Phi) is 3.25. The Morgan fingerprint density at radius 1 is 1.10 bits per heavy atom. The molecule has 21 heavy (non-hydrogen) atoms. The third-order valence-electron chi connectivity index (χ3n) is 3.39. The van der Waals surface area contributed by atoms with Crippen LogP contribution < -0.4 is 5.56 Å². The number of hydrogen-bond acceptors (Lipinski definition) is 2. The lowest BCUT2D eigenvalue weighted by Gasteiger charge is -2.10. The first-order valence-electron chi connectivity index (χ1n) is 6.46. The Hall–Kier alpha value is -2.93. The van der Waals surface area contributed by atoms with Crippen LogP contribution in [0.1, 0.15) is 11.1 Å². The van der Waals surface area contributed by atoms with Crippen molar-refractivity contribution >= 4 is 10.9 Å². The molecule has 0 N–H and O–H groups in total. The Bertz CT molecular complexity index is 922.